The first-order valence-corrected chi connectivity index (χ1v) is 10.9. The van der Waals surface area contributed by atoms with Crippen LogP contribution in [0.15, 0.2) is 72.8 Å². The molecule has 32 heavy (non-hydrogen) atoms. The highest BCUT2D eigenvalue weighted by Gasteiger charge is 2.21. The summed E-state index contributed by atoms with van der Waals surface area (Å²) in [6.07, 6.45) is 1.90. The molecule has 3 rings (SSSR count). The van der Waals surface area contributed by atoms with Gasteiger partial charge in [-0.1, -0.05) is 67.4 Å². The molecule has 5 heteroatoms. The number of carbonyl (C=O) groups excluding carboxylic acids is 1. The summed E-state index contributed by atoms with van der Waals surface area (Å²) in [5, 5.41) is 12.2. The van der Waals surface area contributed by atoms with Gasteiger partial charge in [-0.25, -0.2) is 0 Å². The molecule has 1 atom stereocenters. The van der Waals surface area contributed by atoms with E-state index in [1.54, 1.807) is 12.1 Å². The minimum absolute atomic E-state index is 0.0158. The smallest absolute Gasteiger partial charge is 0.303 e. The van der Waals surface area contributed by atoms with Gasteiger partial charge in [-0.2, -0.15) is 0 Å². The van der Waals surface area contributed by atoms with Gasteiger partial charge in [0.15, 0.2) is 0 Å². The number of aliphatic carboxylic acids is 1. The molecule has 0 radical (unpaired) electrons. The van der Waals surface area contributed by atoms with Crippen molar-refractivity contribution >= 4 is 17.6 Å². The highest BCUT2D eigenvalue weighted by Crippen LogP contribution is 2.30. The number of hydrogen-bond acceptors (Lipinski definition) is 3. The number of aryl methyl sites for hydroxylation is 2. The fraction of sp³-hybridized carbons (Fsp3) is 0.259. The molecule has 0 bridgehead atoms. The zero-order valence-electron chi connectivity index (χ0n) is 18.5. The van der Waals surface area contributed by atoms with Crippen molar-refractivity contribution < 1.29 is 19.4 Å². The van der Waals surface area contributed by atoms with Gasteiger partial charge in [0.25, 0.3) is 0 Å². The highest BCUT2D eigenvalue weighted by molar-refractivity contribution is 5.96. The molecule has 0 aliphatic heterocycles. The van der Waals surface area contributed by atoms with Gasteiger partial charge in [0.05, 0.1) is 5.92 Å². The van der Waals surface area contributed by atoms with E-state index >= 15 is 0 Å². The number of rotatable bonds is 10. The summed E-state index contributed by atoms with van der Waals surface area (Å²) < 4.78 is 5.92. The maximum absolute atomic E-state index is 13.3. The van der Waals surface area contributed by atoms with E-state index in [4.69, 9.17) is 9.84 Å². The van der Waals surface area contributed by atoms with Gasteiger partial charge in [-0.05, 0) is 49.1 Å². The first-order valence-electron chi connectivity index (χ1n) is 10.9. The summed E-state index contributed by atoms with van der Waals surface area (Å²) in [7, 11) is 0. The van der Waals surface area contributed by atoms with E-state index in [9.17, 15) is 9.59 Å². The summed E-state index contributed by atoms with van der Waals surface area (Å²) in [6, 6.07) is 22.8. The van der Waals surface area contributed by atoms with E-state index in [1.807, 2.05) is 67.6 Å². The number of ether oxygens (including phenoxy) is 1. The Kier molecular flexibility index (Phi) is 8.03. The van der Waals surface area contributed by atoms with Crippen molar-refractivity contribution in [3.8, 4) is 11.5 Å². The number of carboxylic acids is 1. The predicted molar refractivity (Wildman–Crippen MR) is 126 cm³/mol. The van der Waals surface area contributed by atoms with Gasteiger partial charge >= 0.3 is 5.97 Å². The maximum atomic E-state index is 13.3. The highest BCUT2D eigenvalue weighted by atomic mass is 16.5. The first kappa shape index (κ1) is 23.1. The summed E-state index contributed by atoms with van der Waals surface area (Å²) in [5.41, 5.74) is 3.46. The van der Waals surface area contributed by atoms with Gasteiger partial charge in [0.1, 0.15) is 11.5 Å². The van der Waals surface area contributed by atoms with Crippen molar-refractivity contribution in [1.82, 2.24) is 0 Å². The van der Waals surface area contributed by atoms with E-state index < -0.39 is 5.97 Å². The largest absolute Gasteiger partial charge is 0.481 e. The van der Waals surface area contributed by atoms with Crippen LogP contribution in [0.2, 0.25) is 0 Å². The summed E-state index contributed by atoms with van der Waals surface area (Å²) in [6.45, 7) is 4.08. The van der Waals surface area contributed by atoms with Crippen LogP contribution in [0.3, 0.4) is 0 Å². The van der Waals surface area contributed by atoms with Crippen LogP contribution < -0.4 is 10.1 Å². The third-order valence-electron chi connectivity index (χ3n) is 5.30. The molecule has 0 saturated heterocycles. The van der Waals surface area contributed by atoms with Crippen LogP contribution in [0, 0.1) is 6.92 Å². The Bertz CT molecular complexity index is 1050. The van der Waals surface area contributed by atoms with Crippen molar-refractivity contribution in [3.63, 3.8) is 0 Å². The van der Waals surface area contributed by atoms with Gasteiger partial charge in [0.2, 0.25) is 5.91 Å². The van der Waals surface area contributed by atoms with Crippen LogP contribution in [0.25, 0.3) is 0 Å². The molecule has 3 aromatic carbocycles. The number of carboxylic acid groups (broad SMARTS) is 1. The van der Waals surface area contributed by atoms with Crippen molar-refractivity contribution in [2.75, 3.05) is 5.32 Å². The zero-order chi connectivity index (χ0) is 22.9. The van der Waals surface area contributed by atoms with Gasteiger partial charge in [0, 0.05) is 18.2 Å². The van der Waals surface area contributed by atoms with Crippen LogP contribution in [0.4, 0.5) is 5.69 Å². The van der Waals surface area contributed by atoms with Gasteiger partial charge < -0.3 is 15.2 Å². The van der Waals surface area contributed by atoms with Crippen molar-refractivity contribution in [3.05, 3.63) is 89.5 Å². The molecule has 0 aliphatic carbocycles. The quantitative estimate of drug-likeness (QED) is 0.393. The van der Waals surface area contributed by atoms with E-state index in [0.29, 0.717) is 23.6 Å². The Hall–Kier alpha value is -3.60. The van der Waals surface area contributed by atoms with Gasteiger partial charge in [-0.3, -0.25) is 9.59 Å². The topological polar surface area (TPSA) is 75.6 Å². The molecule has 3 aromatic rings. The van der Waals surface area contributed by atoms with Gasteiger partial charge in [-0.15, -0.1) is 0 Å². The molecule has 0 heterocycles. The second-order valence-electron chi connectivity index (χ2n) is 7.87. The molecular weight excluding hydrogens is 402 g/mol. The average Bonchev–Trinajstić information content (AvgIpc) is 2.78. The minimum Gasteiger partial charge on any atom is -0.481 e. The number of para-hydroxylation sites is 1. The van der Waals surface area contributed by atoms with Crippen LogP contribution >= 0.6 is 0 Å². The molecule has 0 spiro atoms. The molecule has 0 fully saturated rings. The summed E-state index contributed by atoms with van der Waals surface area (Å²) >= 11 is 0. The first-order chi connectivity index (χ1) is 15.5. The molecule has 5 nitrogen and oxygen atoms in total. The fourth-order valence-corrected chi connectivity index (χ4v) is 3.58. The van der Waals surface area contributed by atoms with E-state index in [0.717, 1.165) is 29.5 Å². The molecule has 166 valence electrons. The third-order valence-corrected chi connectivity index (χ3v) is 5.30. The molecule has 1 amide bonds. The Morgan fingerprint density at radius 3 is 2.34 bits per heavy atom. The zero-order valence-corrected chi connectivity index (χ0v) is 18.5. The lowest BCUT2D eigenvalue weighted by Gasteiger charge is -2.19. The van der Waals surface area contributed by atoms with E-state index in [1.165, 1.54) is 0 Å². The molecule has 2 N–H and O–H groups in total. The molecule has 0 saturated carbocycles. The van der Waals surface area contributed by atoms with Crippen molar-refractivity contribution in [2.24, 2.45) is 0 Å². The fourth-order valence-electron chi connectivity index (χ4n) is 3.58. The number of carbonyl (C=O) groups is 2. The Morgan fingerprint density at radius 1 is 0.969 bits per heavy atom. The molecule has 0 aromatic heterocycles. The normalized spacial score (nSPS) is 11.6. The number of anilines is 1. The Balaban J connectivity index is 1.87. The average molecular weight is 432 g/mol. The molecule has 0 aliphatic rings. The molecule has 1 unspecified atom stereocenters. The Morgan fingerprint density at radius 2 is 1.69 bits per heavy atom. The van der Waals surface area contributed by atoms with Crippen molar-refractivity contribution in [2.45, 2.75) is 45.4 Å². The standard InChI is InChI=1S/C27H29NO4/c1-3-7-24(20-12-10-19(2)11-13-20)27(31)28-25-18-23(32-22-8-5-4-6-9-22)16-14-21(25)15-17-26(29)30/h4-6,8-14,16,18,24H,3,7,15,17H2,1-2H3,(H,28,31)(H,29,30). The van der Waals surface area contributed by atoms with Crippen LogP contribution in [-0.4, -0.2) is 17.0 Å². The Labute approximate surface area is 189 Å². The number of nitrogens with one attached hydrogen (secondary N) is 1. The maximum Gasteiger partial charge on any atom is 0.303 e. The second-order valence-corrected chi connectivity index (χ2v) is 7.87. The van der Waals surface area contributed by atoms with Crippen molar-refractivity contribution in [1.29, 1.82) is 0 Å². The number of amides is 1. The molecular formula is C27H29NO4. The summed E-state index contributed by atoms with van der Waals surface area (Å²) in [4.78, 5) is 24.4. The van der Waals surface area contributed by atoms with Crippen LogP contribution in [0.5, 0.6) is 11.5 Å². The lowest BCUT2D eigenvalue weighted by atomic mass is 9.92. The second kappa shape index (κ2) is 11.1. The van der Waals surface area contributed by atoms with E-state index in [2.05, 4.69) is 12.2 Å². The number of benzene rings is 3. The lowest BCUT2D eigenvalue weighted by Crippen LogP contribution is -2.22. The lowest BCUT2D eigenvalue weighted by molar-refractivity contribution is -0.137. The van der Waals surface area contributed by atoms with Crippen LogP contribution in [-0.2, 0) is 16.0 Å². The SMILES string of the molecule is CCCC(C(=O)Nc1cc(Oc2ccccc2)ccc1CCC(=O)O)c1ccc(C)cc1. The third kappa shape index (κ3) is 6.45. The monoisotopic (exact) mass is 431 g/mol. The number of hydrogen-bond donors (Lipinski definition) is 2. The predicted octanol–water partition coefficient (Wildman–Crippen LogP) is 6.33. The van der Waals surface area contributed by atoms with E-state index in [-0.39, 0.29) is 18.2 Å². The summed E-state index contributed by atoms with van der Waals surface area (Å²) in [5.74, 6) is -0.00862. The minimum atomic E-state index is -0.879. The van der Waals surface area contributed by atoms with Crippen LogP contribution in [0.1, 0.15) is 48.8 Å².